The Labute approximate surface area is 124 Å². The summed E-state index contributed by atoms with van der Waals surface area (Å²) in [6, 6.07) is 4.83. The van der Waals surface area contributed by atoms with Gasteiger partial charge in [0, 0.05) is 24.4 Å². The van der Waals surface area contributed by atoms with E-state index in [2.05, 4.69) is 6.92 Å². The SMILES string of the molecule is CCCOc1cc(N2CCC(C)C2CO)cc([N+](=O)[O-])c1. The molecule has 1 aromatic carbocycles. The van der Waals surface area contributed by atoms with Crippen LogP contribution in [0.4, 0.5) is 11.4 Å². The summed E-state index contributed by atoms with van der Waals surface area (Å²) in [6.45, 7) is 5.45. The molecule has 0 aromatic heterocycles. The monoisotopic (exact) mass is 294 g/mol. The molecular formula is C15H22N2O4. The molecule has 2 rings (SSSR count). The summed E-state index contributed by atoms with van der Waals surface area (Å²) >= 11 is 0. The van der Waals surface area contributed by atoms with Crippen LogP contribution in [-0.2, 0) is 0 Å². The van der Waals surface area contributed by atoms with Gasteiger partial charge in [-0.3, -0.25) is 10.1 Å². The van der Waals surface area contributed by atoms with Crippen LogP contribution in [0.1, 0.15) is 26.7 Å². The maximum Gasteiger partial charge on any atom is 0.275 e. The molecule has 2 atom stereocenters. The van der Waals surface area contributed by atoms with Crippen LogP contribution in [0.2, 0.25) is 0 Å². The lowest BCUT2D eigenvalue weighted by molar-refractivity contribution is -0.384. The molecule has 1 aliphatic rings. The fraction of sp³-hybridized carbons (Fsp3) is 0.600. The van der Waals surface area contributed by atoms with Crippen molar-refractivity contribution in [2.75, 3.05) is 24.7 Å². The number of nitro benzene ring substituents is 1. The van der Waals surface area contributed by atoms with E-state index in [-0.39, 0.29) is 18.3 Å². The van der Waals surface area contributed by atoms with Crippen molar-refractivity contribution in [2.24, 2.45) is 5.92 Å². The third-order valence-electron chi connectivity index (χ3n) is 3.96. The van der Waals surface area contributed by atoms with Crippen LogP contribution in [0.3, 0.4) is 0 Å². The first-order chi connectivity index (χ1) is 10.1. The second-order valence-electron chi connectivity index (χ2n) is 5.50. The van der Waals surface area contributed by atoms with E-state index in [1.165, 1.54) is 6.07 Å². The Hall–Kier alpha value is -1.82. The van der Waals surface area contributed by atoms with Gasteiger partial charge < -0.3 is 14.7 Å². The van der Waals surface area contributed by atoms with Crippen LogP contribution in [0.25, 0.3) is 0 Å². The molecule has 2 unspecified atom stereocenters. The highest BCUT2D eigenvalue weighted by Crippen LogP contribution is 2.34. The number of rotatable bonds is 6. The van der Waals surface area contributed by atoms with Gasteiger partial charge in [-0.05, 0) is 18.8 Å². The third-order valence-corrected chi connectivity index (χ3v) is 3.96. The summed E-state index contributed by atoms with van der Waals surface area (Å²) in [5.74, 6) is 0.881. The van der Waals surface area contributed by atoms with Gasteiger partial charge in [-0.1, -0.05) is 13.8 Å². The van der Waals surface area contributed by atoms with Crippen molar-refractivity contribution in [2.45, 2.75) is 32.7 Å². The minimum absolute atomic E-state index is 0.00558. The van der Waals surface area contributed by atoms with Gasteiger partial charge in [0.05, 0.1) is 30.2 Å². The molecule has 0 radical (unpaired) electrons. The summed E-state index contributed by atoms with van der Waals surface area (Å²) in [5, 5.41) is 20.6. The molecule has 1 heterocycles. The van der Waals surface area contributed by atoms with Gasteiger partial charge >= 0.3 is 0 Å². The fourth-order valence-electron chi connectivity index (χ4n) is 2.75. The van der Waals surface area contributed by atoms with Crippen molar-refractivity contribution in [1.29, 1.82) is 0 Å². The number of nitrogens with zero attached hydrogens (tertiary/aromatic N) is 2. The topological polar surface area (TPSA) is 75.8 Å². The summed E-state index contributed by atoms with van der Waals surface area (Å²) in [5.41, 5.74) is 0.772. The molecule has 21 heavy (non-hydrogen) atoms. The minimum Gasteiger partial charge on any atom is -0.493 e. The highest BCUT2D eigenvalue weighted by molar-refractivity contribution is 5.59. The molecule has 0 aliphatic carbocycles. The third kappa shape index (κ3) is 3.44. The van der Waals surface area contributed by atoms with Crippen LogP contribution < -0.4 is 9.64 Å². The molecule has 6 nitrogen and oxygen atoms in total. The number of hydrogen-bond acceptors (Lipinski definition) is 5. The molecule has 0 saturated carbocycles. The quantitative estimate of drug-likeness (QED) is 0.644. The van der Waals surface area contributed by atoms with E-state index in [1.54, 1.807) is 6.07 Å². The van der Waals surface area contributed by atoms with E-state index >= 15 is 0 Å². The van der Waals surface area contributed by atoms with Crippen molar-refractivity contribution < 1.29 is 14.8 Å². The average Bonchev–Trinajstić information content (AvgIpc) is 2.85. The second kappa shape index (κ2) is 6.76. The van der Waals surface area contributed by atoms with E-state index < -0.39 is 4.92 Å². The zero-order valence-corrected chi connectivity index (χ0v) is 12.5. The Morgan fingerprint density at radius 1 is 1.48 bits per heavy atom. The Morgan fingerprint density at radius 3 is 2.86 bits per heavy atom. The standard InChI is InChI=1S/C15H22N2O4/c1-3-6-21-14-8-12(7-13(9-14)17(19)20)16-5-4-11(2)15(16)10-18/h7-9,11,15,18H,3-6,10H2,1-2H3. The molecule has 1 fully saturated rings. The summed E-state index contributed by atoms with van der Waals surface area (Å²) in [4.78, 5) is 12.7. The lowest BCUT2D eigenvalue weighted by atomic mass is 10.0. The maximum atomic E-state index is 11.1. The number of hydrogen-bond donors (Lipinski definition) is 1. The summed E-state index contributed by atoms with van der Waals surface area (Å²) in [6.07, 6.45) is 1.82. The zero-order chi connectivity index (χ0) is 15.4. The van der Waals surface area contributed by atoms with Gasteiger partial charge in [-0.15, -0.1) is 0 Å². The molecule has 0 bridgehead atoms. The molecule has 1 aromatic rings. The van der Waals surface area contributed by atoms with Gasteiger partial charge in [0.2, 0.25) is 0 Å². The minimum atomic E-state index is -0.407. The molecule has 116 valence electrons. The van der Waals surface area contributed by atoms with E-state index in [9.17, 15) is 15.2 Å². The normalized spacial score (nSPS) is 21.6. The first-order valence-corrected chi connectivity index (χ1v) is 7.36. The lowest BCUT2D eigenvalue weighted by Crippen LogP contribution is -2.35. The van der Waals surface area contributed by atoms with Crippen molar-refractivity contribution >= 4 is 11.4 Å². The van der Waals surface area contributed by atoms with E-state index in [0.29, 0.717) is 18.3 Å². The van der Waals surface area contributed by atoms with Gasteiger partial charge in [-0.2, -0.15) is 0 Å². The maximum absolute atomic E-state index is 11.1. The van der Waals surface area contributed by atoms with E-state index in [4.69, 9.17) is 4.74 Å². The molecule has 0 amide bonds. The van der Waals surface area contributed by atoms with Gasteiger partial charge in [-0.25, -0.2) is 0 Å². The number of anilines is 1. The van der Waals surface area contributed by atoms with E-state index in [0.717, 1.165) is 25.1 Å². The number of aliphatic hydroxyl groups excluding tert-OH is 1. The molecule has 1 aliphatic heterocycles. The highest BCUT2D eigenvalue weighted by Gasteiger charge is 2.31. The van der Waals surface area contributed by atoms with Gasteiger partial charge in [0.25, 0.3) is 5.69 Å². The van der Waals surface area contributed by atoms with Crippen molar-refractivity contribution in [3.63, 3.8) is 0 Å². The number of nitro groups is 1. The number of benzene rings is 1. The Balaban J connectivity index is 2.33. The first kappa shape index (κ1) is 15.6. The van der Waals surface area contributed by atoms with E-state index in [1.807, 2.05) is 17.9 Å². The molecule has 6 heteroatoms. The second-order valence-corrected chi connectivity index (χ2v) is 5.50. The highest BCUT2D eigenvalue weighted by atomic mass is 16.6. The number of non-ortho nitro benzene ring substituents is 1. The van der Waals surface area contributed by atoms with Crippen LogP contribution in [-0.4, -0.2) is 35.8 Å². The Kier molecular flexibility index (Phi) is 5.01. The largest absolute Gasteiger partial charge is 0.493 e. The van der Waals surface area contributed by atoms with Gasteiger partial charge in [0.15, 0.2) is 0 Å². The number of aliphatic hydroxyl groups is 1. The summed E-state index contributed by atoms with van der Waals surface area (Å²) in [7, 11) is 0. The molecule has 1 N–H and O–H groups in total. The molecule has 1 saturated heterocycles. The zero-order valence-electron chi connectivity index (χ0n) is 12.5. The predicted octanol–water partition coefficient (Wildman–Crippen LogP) is 2.59. The summed E-state index contributed by atoms with van der Waals surface area (Å²) < 4.78 is 5.55. The Bertz CT molecular complexity index is 506. The first-order valence-electron chi connectivity index (χ1n) is 7.36. The predicted molar refractivity (Wildman–Crippen MR) is 80.9 cm³/mol. The Morgan fingerprint density at radius 2 is 2.24 bits per heavy atom. The van der Waals surface area contributed by atoms with Crippen LogP contribution in [0.15, 0.2) is 18.2 Å². The lowest BCUT2D eigenvalue weighted by Gasteiger charge is -2.27. The smallest absolute Gasteiger partial charge is 0.275 e. The van der Waals surface area contributed by atoms with Crippen molar-refractivity contribution in [1.82, 2.24) is 0 Å². The molecular weight excluding hydrogens is 272 g/mol. The van der Waals surface area contributed by atoms with Gasteiger partial charge in [0.1, 0.15) is 5.75 Å². The average molecular weight is 294 g/mol. The van der Waals surface area contributed by atoms with Crippen LogP contribution in [0, 0.1) is 16.0 Å². The van der Waals surface area contributed by atoms with Crippen molar-refractivity contribution in [3.05, 3.63) is 28.3 Å². The van der Waals surface area contributed by atoms with Crippen LogP contribution >= 0.6 is 0 Å². The number of ether oxygens (including phenoxy) is 1. The van der Waals surface area contributed by atoms with Crippen molar-refractivity contribution in [3.8, 4) is 5.75 Å². The van der Waals surface area contributed by atoms with Crippen LogP contribution in [0.5, 0.6) is 5.75 Å². The fourth-order valence-corrected chi connectivity index (χ4v) is 2.75. The molecule has 0 spiro atoms.